The normalized spacial score (nSPS) is 16.1. The summed E-state index contributed by atoms with van der Waals surface area (Å²) in [5.41, 5.74) is 0.778. The van der Waals surface area contributed by atoms with Gasteiger partial charge < -0.3 is 19.9 Å². The van der Waals surface area contributed by atoms with E-state index in [1.807, 2.05) is 6.92 Å². The third-order valence-corrected chi connectivity index (χ3v) is 3.13. The lowest BCUT2D eigenvalue weighted by molar-refractivity contribution is 0.0162. The fourth-order valence-electron chi connectivity index (χ4n) is 1.86. The molecule has 0 saturated heterocycles. The van der Waals surface area contributed by atoms with Gasteiger partial charge in [0.15, 0.2) is 0 Å². The lowest BCUT2D eigenvalue weighted by Gasteiger charge is -2.15. The molecule has 1 saturated carbocycles. The second-order valence-corrected chi connectivity index (χ2v) is 5.03. The summed E-state index contributed by atoms with van der Waals surface area (Å²) in [4.78, 5) is 0. The van der Waals surface area contributed by atoms with Gasteiger partial charge >= 0.3 is 0 Å². The van der Waals surface area contributed by atoms with E-state index >= 15 is 0 Å². The lowest BCUT2D eigenvalue weighted by atomic mass is 10.2. The maximum absolute atomic E-state index is 13.3. The molecule has 0 radical (unpaired) electrons. The Morgan fingerprint density at radius 1 is 1.40 bits per heavy atom. The molecule has 0 heterocycles. The zero-order valence-corrected chi connectivity index (χ0v) is 11.8. The Hall–Kier alpha value is -1.17. The standard InChI is InChI=1S/C15H22FNO3/c1-2-19-9-14(18)10-20-15-6-3-12(16)7-11(15)8-17-13-4-5-13/h3,6-7,13-14,17-18H,2,4-5,8-10H2,1H3. The number of benzene rings is 1. The molecule has 1 unspecified atom stereocenters. The van der Waals surface area contributed by atoms with E-state index in [0.717, 1.165) is 5.56 Å². The number of ether oxygens (including phenoxy) is 2. The maximum atomic E-state index is 13.3. The van der Waals surface area contributed by atoms with Crippen LogP contribution in [0.4, 0.5) is 4.39 Å². The van der Waals surface area contributed by atoms with Crippen LogP contribution in [0, 0.1) is 5.82 Å². The van der Waals surface area contributed by atoms with Gasteiger partial charge in [0.2, 0.25) is 0 Å². The summed E-state index contributed by atoms with van der Waals surface area (Å²) in [5, 5.41) is 13.0. The van der Waals surface area contributed by atoms with Crippen LogP contribution >= 0.6 is 0 Å². The predicted molar refractivity (Wildman–Crippen MR) is 74.3 cm³/mol. The molecule has 0 bridgehead atoms. The average molecular weight is 283 g/mol. The van der Waals surface area contributed by atoms with Crippen molar-refractivity contribution in [2.45, 2.75) is 38.5 Å². The topological polar surface area (TPSA) is 50.7 Å². The highest BCUT2D eigenvalue weighted by Gasteiger charge is 2.21. The fraction of sp³-hybridized carbons (Fsp3) is 0.600. The molecule has 2 N–H and O–H groups in total. The first-order chi connectivity index (χ1) is 9.69. The highest BCUT2D eigenvalue weighted by molar-refractivity contribution is 5.34. The van der Waals surface area contributed by atoms with E-state index in [1.165, 1.54) is 25.0 Å². The minimum atomic E-state index is -0.677. The second kappa shape index (κ2) is 7.57. The van der Waals surface area contributed by atoms with Gasteiger partial charge in [0, 0.05) is 24.8 Å². The summed E-state index contributed by atoms with van der Waals surface area (Å²) in [5.74, 6) is 0.329. The van der Waals surface area contributed by atoms with Gasteiger partial charge in [-0.15, -0.1) is 0 Å². The van der Waals surface area contributed by atoms with E-state index in [4.69, 9.17) is 9.47 Å². The van der Waals surface area contributed by atoms with Crippen molar-refractivity contribution in [3.8, 4) is 5.75 Å². The Balaban J connectivity index is 1.87. The van der Waals surface area contributed by atoms with Crippen LogP contribution < -0.4 is 10.1 Å². The number of hydrogen-bond donors (Lipinski definition) is 2. The first kappa shape index (κ1) is 15.2. The first-order valence-corrected chi connectivity index (χ1v) is 7.09. The van der Waals surface area contributed by atoms with Gasteiger partial charge in [0.25, 0.3) is 0 Å². The Morgan fingerprint density at radius 2 is 2.20 bits per heavy atom. The molecule has 1 aromatic carbocycles. The van der Waals surface area contributed by atoms with E-state index in [-0.39, 0.29) is 19.0 Å². The smallest absolute Gasteiger partial charge is 0.124 e. The van der Waals surface area contributed by atoms with Crippen LogP contribution in [0.25, 0.3) is 0 Å². The molecule has 0 spiro atoms. The largest absolute Gasteiger partial charge is 0.490 e. The Kier molecular flexibility index (Phi) is 5.76. The second-order valence-electron chi connectivity index (χ2n) is 5.03. The van der Waals surface area contributed by atoms with E-state index in [2.05, 4.69) is 5.32 Å². The molecule has 0 aliphatic heterocycles. The summed E-state index contributed by atoms with van der Waals surface area (Å²) in [6, 6.07) is 4.99. The van der Waals surface area contributed by atoms with Crippen LogP contribution in [0.3, 0.4) is 0 Å². The molecule has 0 amide bonds. The summed E-state index contributed by atoms with van der Waals surface area (Å²) >= 11 is 0. The summed E-state index contributed by atoms with van der Waals surface area (Å²) < 4.78 is 24.0. The zero-order valence-electron chi connectivity index (χ0n) is 11.8. The molecule has 1 fully saturated rings. The minimum absolute atomic E-state index is 0.141. The predicted octanol–water partition coefficient (Wildman–Crippen LogP) is 1.85. The molecule has 1 aliphatic rings. The Morgan fingerprint density at radius 3 is 2.90 bits per heavy atom. The Bertz CT molecular complexity index is 424. The van der Waals surface area contributed by atoms with Crippen molar-refractivity contribution in [3.63, 3.8) is 0 Å². The van der Waals surface area contributed by atoms with Gasteiger partial charge in [-0.25, -0.2) is 4.39 Å². The van der Waals surface area contributed by atoms with Crippen molar-refractivity contribution < 1.29 is 19.0 Å². The molecule has 0 aromatic heterocycles. The van der Waals surface area contributed by atoms with Crippen LogP contribution in [-0.2, 0) is 11.3 Å². The highest BCUT2D eigenvalue weighted by atomic mass is 19.1. The van der Waals surface area contributed by atoms with Crippen LogP contribution in [-0.4, -0.2) is 37.1 Å². The molecule has 5 heteroatoms. The molecule has 20 heavy (non-hydrogen) atoms. The summed E-state index contributed by atoms with van der Waals surface area (Å²) in [7, 11) is 0. The third-order valence-electron chi connectivity index (χ3n) is 3.13. The molecule has 1 aliphatic carbocycles. The summed E-state index contributed by atoms with van der Waals surface area (Å²) in [6.07, 6.45) is 1.68. The number of hydrogen-bond acceptors (Lipinski definition) is 4. The van der Waals surface area contributed by atoms with Gasteiger partial charge in [-0.2, -0.15) is 0 Å². The monoisotopic (exact) mass is 283 g/mol. The molecule has 1 aromatic rings. The summed E-state index contributed by atoms with van der Waals surface area (Å²) in [6.45, 7) is 3.40. The fourth-order valence-corrected chi connectivity index (χ4v) is 1.86. The van der Waals surface area contributed by atoms with Gasteiger partial charge in [0.1, 0.15) is 24.3 Å². The van der Waals surface area contributed by atoms with Crippen LogP contribution in [0.15, 0.2) is 18.2 Å². The van der Waals surface area contributed by atoms with E-state index < -0.39 is 6.10 Å². The average Bonchev–Trinajstić information content (AvgIpc) is 3.26. The minimum Gasteiger partial charge on any atom is -0.490 e. The first-order valence-electron chi connectivity index (χ1n) is 7.09. The molecule has 112 valence electrons. The number of nitrogens with one attached hydrogen (secondary N) is 1. The van der Waals surface area contributed by atoms with E-state index in [0.29, 0.717) is 24.9 Å². The SMILES string of the molecule is CCOCC(O)COc1ccc(F)cc1CNC1CC1. The van der Waals surface area contributed by atoms with Crippen molar-refractivity contribution in [1.29, 1.82) is 0 Å². The van der Waals surface area contributed by atoms with Crippen molar-refractivity contribution >= 4 is 0 Å². The van der Waals surface area contributed by atoms with Gasteiger partial charge in [0.05, 0.1) is 6.61 Å². The van der Waals surface area contributed by atoms with Gasteiger partial charge in [-0.05, 0) is 38.0 Å². The van der Waals surface area contributed by atoms with Crippen LogP contribution in [0.2, 0.25) is 0 Å². The maximum Gasteiger partial charge on any atom is 0.124 e. The van der Waals surface area contributed by atoms with Crippen molar-refractivity contribution in [2.24, 2.45) is 0 Å². The number of aliphatic hydroxyl groups is 1. The van der Waals surface area contributed by atoms with Crippen LogP contribution in [0.1, 0.15) is 25.3 Å². The quantitative estimate of drug-likeness (QED) is 0.726. The highest BCUT2D eigenvalue weighted by Crippen LogP contribution is 2.23. The zero-order chi connectivity index (χ0) is 14.4. The molecular formula is C15H22FNO3. The number of aliphatic hydroxyl groups excluding tert-OH is 1. The van der Waals surface area contributed by atoms with Gasteiger partial charge in [-0.3, -0.25) is 0 Å². The van der Waals surface area contributed by atoms with Crippen molar-refractivity contribution in [1.82, 2.24) is 5.32 Å². The third kappa shape index (κ3) is 5.07. The van der Waals surface area contributed by atoms with Crippen molar-refractivity contribution in [2.75, 3.05) is 19.8 Å². The Labute approximate surface area is 118 Å². The molecule has 2 rings (SSSR count). The van der Waals surface area contributed by atoms with E-state index in [1.54, 1.807) is 6.07 Å². The van der Waals surface area contributed by atoms with Crippen molar-refractivity contribution in [3.05, 3.63) is 29.6 Å². The molecule has 4 nitrogen and oxygen atoms in total. The molecule has 1 atom stereocenters. The van der Waals surface area contributed by atoms with Gasteiger partial charge in [-0.1, -0.05) is 0 Å². The lowest BCUT2D eigenvalue weighted by Crippen LogP contribution is -2.24. The van der Waals surface area contributed by atoms with Crippen LogP contribution in [0.5, 0.6) is 5.75 Å². The number of rotatable bonds is 9. The van der Waals surface area contributed by atoms with E-state index in [9.17, 15) is 9.50 Å². The molecular weight excluding hydrogens is 261 g/mol. The number of halogens is 1.